The normalized spacial score (nSPS) is 15.7. The Morgan fingerprint density at radius 2 is 1.74 bits per heavy atom. The molecule has 0 spiro atoms. The van der Waals surface area contributed by atoms with Crippen LogP contribution in [0.1, 0.15) is 64.0 Å². The number of hydrogen-bond donors (Lipinski definition) is 1. The van der Waals surface area contributed by atoms with Crippen molar-refractivity contribution in [2.45, 2.75) is 52.9 Å². The highest BCUT2D eigenvalue weighted by molar-refractivity contribution is 5.92. The largest absolute Gasteiger partial charge is 0.370 e. The second kappa shape index (κ2) is 12.4. The van der Waals surface area contributed by atoms with E-state index < -0.39 is 0 Å². The van der Waals surface area contributed by atoms with Crippen molar-refractivity contribution in [3.05, 3.63) is 59.7 Å². The lowest BCUT2D eigenvalue weighted by Gasteiger charge is -2.38. The number of anilines is 2. The maximum absolute atomic E-state index is 13.5. The van der Waals surface area contributed by atoms with E-state index in [-0.39, 0.29) is 29.6 Å². The van der Waals surface area contributed by atoms with Gasteiger partial charge in [-0.05, 0) is 62.8 Å². The van der Waals surface area contributed by atoms with Crippen molar-refractivity contribution < 1.29 is 9.59 Å². The van der Waals surface area contributed by atoms with Crippen LogP contribution in [-0.4, -0.2) is 42.9 Å². The molecule has 2 amide bonds. The number of benzene rings is 2. The fourth-order valence-corrected chi connectivity index (χ4v) is 4.91. The minimum atomic E-state index is -0.146. The molecule has 0 aliphatic carbocycles. The Kier molecular flexibility index (Phi) is 9.31. The van der Waals surface area contributed by atoms with Gasteiger partial charge in [-0.25, -0.2) is 0 Å². The molecule has 1 heterocycles. The maximum Gasteiger partial charge on any atom is 0.230 e. The highest BCUT2D eigenvalue weighted by atomic mass is 16.2. The predicted molar refractivity (Wildman–Crippen MR) is 141 cm³/mol. The quantitative estimate of drug-likeness (QED) is 0.527. The monoisotopic (exact) mass is 474 g/mol. The summed E-state index contributed by atoms with van der Waals surface area (Å²) in [6.07, 6.45) is 2.53. The number of rotatable bonds is 9. The van der Waals surface area contributed by atoms with Crippen molar-refractivity contribution in [3.8, 4) is 6.07 Å². The lowest BCUT2D eigenvalue weighted by molar-refractivity contribution is -0.134. The van der Waals surface area contributed by atoms with Gasteiger partial charge < -0.3 is 15.1 Å². The highest BCUT2D eigenvalue weighted by Crippen LogP contribution is 2.36. The van der Waals surface area contributed by atoms with Crippen molar-refractivity contribution in [1.82, 2.24) is 4.90 Å². The summed E-state index contributed by atoms with van der Waals surface area (Å²) >= 11 is 0. The van der Waals surface area contributed by atoms with Gasteiger partial charge in [0.1, 0.15) is 6.07 Å². The van der Waals surface area contributed by atoms with Gasteiger partial charge in [0.15, 0.2) is 0 Å². The van der Waals surface area contributed by atoms with Crippen LogP contribution in [0.15, 0.2) is 48.5 Å². The lowest BCUT2D eigenvalue weighted by atomic mass is 9.79. The summed E-state index contributed by atoms with van der Waals surface area (Å²) < 4.78 is 0. The molecule has 3 rings (SSSR count). The standard InChI is InChI=1S/C29H38N4O2/c1-5-21(4)28(34)31-25-13-14-26(24(19-25)20-30)33-17-15-23(16-18-33)27(22-11-9-8-10-12-22)29(35)32(6-2)7-3/h8-14,19,21,23,27H,5-7,15-18H2,1-4H3,(H,31,34)/t21-,27?/m0/s1. The summed E-state index contributed by atoms with van der Waals surface area (Å²) in [7, 11) is 0. The van der Waals surface area contributed by atoms with E-state index in [1.54, 1.807) is 6.07 Å². The molecule has 2 aromatic rings. The molecule has 1 unspecified atom stereocenters. The van der Waals surface area contributed by atoms with E-state index in [1.807, 2.05) is 62.9 Å². The zero-order valence-electron chi connectivity index (χ0n) is 21.5. The third-order valence-corrected chi connectivity index (χ3v) is 7.30. The van der Waals surface area contributed by atoms with Gasteiger partial charge in [-0.15, -0.1) is 0 Å². The van der Waals surface area contributed by atoms with Crippen molar-refractivity contribution in [2.24, 2.45) is 11.8 Å². The van der Waals surface area contributed by atoms with Crippen molar-refractivity contribution >= 4 is 23.2 Å². The van der Waals surface area contributed by atoms with E-state index in [4.69, 9.17) is 0 Å². The number of hydrogen-bond acceptors (Lipinski definition) is 4. The summed E-state index contributed by atoms with van der Waals surface area (Å²) in [5, 5.41) is 12.7. The second-order valence-electron chi connectivity index (χ2n) is 9.37. The first-order valence-electron chi connectivity index (χ1n) is 12.9. The molecule has 186 valence electrons. The van der Waals surface area contributed by atoms with Crippen LogP contribution in [0.4, 0.5) is 11.4 Å². The molecule has 0 saturated carbocycles. The molecule has 6 heteroatoms. The Labute approximate surface area is 209 Å². The topological polar surface area (TPSA) is 76.4 Å². The predicted octanol–water partition coefficient (Wildman–Crippen LogP) is 5.41. The fraction of sp³-hybridized carbons (Fsp3) is 0.483. The molecule has 0 bridgehead atoms. The highest BCUT2D eigenvalue weighted by Gasteiger charge is 2.35. The molecular formula is C29H38N4O2. The van der Waals surface area contributed by atoms with Crippen molar-refractivity contribution in [2.75, 3.05) is 36.4 Å². The SMILES string of the molecule is CC[C@H](C)C(=O)Nc1ccc(N2CCC(C(C(=O)N(CC)CC)c3ccccc3)CC2)c(C#N)c1. The van der Waals surface area contributed by atoms with Crippen LogP contribution in [0.3, 0.4) is 0 Å². The minimum Gasteiger partial charge on any atom is -0.370 e. The van der Waals surface area contributed by atoms with E-state index in [9.17, 15) is 14.9 Å². The average molecular weight is 475 g/mol. The number of nitrogens with zero attached hydrogens (tertiary/aromatic N) is 3. The molecule has 6 nitrogen and oxygen atoms in total. The van der Waals surface area contributed by atoms with Crippen LogP contribution in [0, 0.1) is 23.2 Å². The van der Waals surface area contributed by atoms with Crippen molar-refractivity contribution in [3.63, 3.8) is 0 Å². The molecule has 0 radical (unpaired) electrons. The summed E-state index contributed by atoms with van der Waals surface area (Å²) in [6.45, 7) is 10.9. The Morgan fingerprint density at radius 1 is 1.09 bits per heavy atom. The number of carbonyl (C=O) groups excluding carboxylic acids is 2. The van der Waals surface area contributed by atoms with E-state index in [2.05, 4.69) is 28.4 Å². The third-order valence-electron chi connectivity index (χ3n) is 7.30. The first-order valence-corrected chi connectivity index (χ1v) is 12.9. The Morgan fingerprint density at radius 3 is 2.31 bits per heavy atom. The van der Waals surface area contributed by atoms with Crippen LogP contribution in [-0.2, 0) is 9.59 Å². The maximum atomic E-state index is 13.5. The van der Waals surface area contributed by atoms with Gasteiger partial charge in [0, 0.05) is 37.8 Å². The fourth-order valence-electron chi connectivity index (χ4n) is 4.91. The molecular weight excluding hydrogens is 436 g/mol. The number of piperidine rings is 1. The van der Waals surface area contributed by atoms with Crippen molar-refractivity contribution in [1.29, 1.82) is 5.26 Å². The smallest absolute Gasteiger partial charge is 0.230 e. The first-order chi connectivity index (χ1) is 16.9. The van der Waals surface area contributed by atoms with E-state index in [0.717, 1.165) is 43.6 Å². The van der Waals surface area contributed by atoms with Crippen LogP contribution in [0.25, 0.3) is 0 Å². The molecule has 2 aromatic carbocycles. The minimum absolute atomic E-state index is 0.0326. The van der Waals surface area contributed by atoms with E-state index in [0.29, 0.717) is 24.3 Å². The van der Waals surface area contributed by atoms with E-state index >= 15 is 0 Å². The molecule has 1 aliphatic rings. The Balaban J connectivity index is 1.75. The van der Waals surface area contributed by atoms with Gasteiger partial charge in [0.25, 0.3) is 0 Å². The average Bonchev–Trinajstić information content (AvgIpc) is 2.90. The van der Waals surface area contributed by atoms with Gasteiger partial charge in [-0.1, -0.05) is 44.2 Å². The van der Waals surface area contributed by atoms with Gasteiger partial charge in [-0.2, -0.15) is 5.26 Å². The van der Waals surface area contributed by atoms with E-state index in [1.165, 1.54) is 0 Å². The molecule has 1 aliphatic heterocycles. The summed E-state index contributed by atoms with van der Waals surface area (Å²) in [5.41, 5.74) is 3.18. The lowest BCUT2D eigenvalue weighted by Crippen LogP contribution is -2.42. The van der Waals surface area contributed by atoms with Crippen LogP contribution >= 0.6 is 0 Å². The van der Waals surface area contributed by atoms with Gasteiger partial charge in [0.05, 0.1) is 17.2 Å². The zero-order chi connectivity index (χ0) is 25.4. The molecule has 0 aromatic heterocycles. The van der Waals surface area contributed by atoms with Crippen LogP contribution < -0.4 is 10.2 Å². The molecule has 35 heavy (non-hydrogen) atoms. The summed E-state index contributed by atoms with van der Waals surface area (Å²) in [6, 6.07) is 18.0. The Hall–Kier alpha value is -3.33. The molecule has 1 fully saturated rings. The number of nitriles is 1. The summed E-state index contributed by atoms with van der Waals surface area (Å²) in [5.74, 6) is 0.206. The third kappa shape index (κ3) is 6.22. The number of carbonyl (C=O) groups is 2. The van der Waals surface area contributed by atoms with Gasteiger partial charge >= 0.3 is 0 Å². The van der Waals surface area contributed by atoms with Crippen LogP contribution in [0.2, 0.25) is 0 Å². The molecule has 1 saturated heterocycles. The molecule has 1 N–H and O–H groups in total. The summed E-state index contributed by atoms with van der Waals surface area (Å²) in [4.78, 5) is 29.9. The van der Waals surface area contributed by atoms with Crippen LogP contribution in [0.5, 0.6) is 0 Å². The number of likely N-dealkylation sites (N-methyl/N-ethyl adjacent to an activating group) is 1. The first kappa shape index (κ1) is 26.3. The second-order valence-corrected chi connectivity index (χ2v) is 9.37. The zero-order valence-corrected chi connectivity index (χ0v) is 21.5. The number of nitrogens with one attached hydrogen (secondary N) is 1. The number of amides is 2. The Bertz CT molecular complexity index is 1030. The van der Waals surface area contributed by atoms with Gasteiger partial charge in [-0.3, -0.25) is 9.59 Å². The van der Waals surface area contributed by atoms with Gasteiger partial charge in [0.2, 0.25) is 11.8 Å². The molecule has 2 atom stereocenters.